The maximum atomic E-state index is 6.07. The van der Waals surface area contributed by atoms with Gasteiger partial charge in [-0.25, -0.2) is 0 Å². The van der Waals surface area contributed by atoms with Crippen molar-refractivity contribution in [1.82, 2.24) is 4.98 Å². The van der Waals surface area contributed by atoms with E-state index in [1.54, 1.807) is 6.20 Å². The van der Waals surface area contributed by atoms with Gasteiger partial charge in [0.15, 0.2) is 0 Å². The van der Waals surface area contributed by atoms with Crippen LogP contribution in [0.25, 0.3) is 0 Å². The molecule has 0 N–H and O–H groups in total. The van der Waals surface area contributed by atoms with Crippen molar-refractivity contribution in [1.29, 1.82) is 0 Å². The van der Waals surface area contributed by atoms with Gasteiger partial charge in [-0.15, -0.1) is 0 Å². The Bertz CT molecular complexity index is 399. The minimum Gasteiger partial charge on any atom is -0.492 e. The molecule has 1 fully saturated rings. The molecule has 1 aliphatic carbocycles. The zero-order valence-electron chi connectivity index (χ0n) is 12.1. The van der Waals surface area contributed by atoms with Crippen LogP contribution in [0.1, 0.15) is 52.4 Å². The minimum atomic E-state index is 0.376. The first-order valence-corrected chi connectivity index (χ1v) is 7.91. The monoisotopic (exact) mass is 274 g/mol. The molecule has 0 amide bonds. The average Bonchev–Trinajstić information content (AvgIpc) is 2.38. The van der Waals surface area contributed by atoms with Crippen LogP contribution in [-0.4, -0.2) is 21.8 Å². The predicted octanol–water partition coefficient (Wildman–Crippen LogP) is 3.25. The van der Waals surface area contributed by atoms with Crippen molar-refractivity contribution >= 4 is 15.6 Å². The predicted molar refractivity (Wildman–Crippen MR) is 80.1 cm³/mol. The molecule has 3 heteroatoms. The van der Waals surface area contributed by atoms with E-state index in [0.29, 0.717) is 5.41 Å². The molecule has 0 unspecified atom stereocenters. The van der Waals surface area contributed by atoms with E-state index in [4.69, 9.17) is 4.74 Å². The lowest BCUT2D eigenvalue weighted by molar-refractivity contribution is 0.0745. The van der Waals surface area contributed by atoms with Crippen LogP contribution in [-0.2, 0) is 0 Å². The molecule has 0 atom stereocenters. The summed E-state index contributed by atoms with van der Waals surface area (Å²) in [4.78, 5) is 4.22. The van der Waals surface area contributed by atoms with E-state index in [1.165, 1.54) is 38.5 Å². The van der Waals surface area contributed by atoms with E-state index in [2.05, 4.69) is 29.1 Å². The van der Waals surface area contributed by atoms with Crippen molar-refractivity contribution in [3.8, 4) is 5.75 Å². The van der Waals surface area contributed by atoms with E-state index in [9.17, 15) is 0 Å². The van der Waals surface area contributed by atoms with E-state index in [0.717, 1.165) is 23.6 Å². The standard InChI is InChI=1S/C16H24NOSi/c1-13(2)11-16(8-4-3-5-9-16)12-18-14-7-6-10-17-15(14)19/h6-7,10,13H,3-5,8-9,11-12H2,1-2H3. The smallest absolute Gasteiger partial charge is 0.135 e. The molecule has 0 spiro atoms. The van der Waals surface area contributed by atoms with E-state index >= 15 is 0 Å². The highest BCUT2D eigenvalue weighted by molar-refractivity contribution is 6.32. The first-order chi connectivity index (χ1) is 9.11. The van der Waals surface area contributed by atoms with Gasteiger partial charge < -0.3 is 4.74 Å². The Morgan fingerprint density at radius 2 is 2.05 bits per heavy atom. The Morgan fingerprint density at radius 1 is 1.32 bits per heavy atom. The quantitative estimate of drug-likeness (QED) is 0.769. The molecule has 1 aliphatic rings. The van der Waals surface area contributed by atoms with Gasteiger partial charge >= 0.3 is 0 Å². The van der Waals surface area contributed by atoms with Crippen molar-refractivity contribution < 1.29 is 4.74 Å². The Morgan fingerprint density at radius 3 is 2.68 bits per heavy atom. The molecule has 103 valence electrons. The first kappa shape index (κ1) is 14.6. The van der Waals surface area contributed by atoms with Crippen LogP contribution in [0, 0.1) is 11.3 Å². The van der Waals surface area contributed by atoms with Gasteiger partial charge in [-0.2, -0.15) is 0 Å². The molecule has 1 aromatic heterocycles. The summed E-state index contributed by atoms with van der Waals surface area (Å²) in [6.07, 6.45) is 9.75. The summed E-state index contributed by atoms with van der Waals surface area (Å²) in [5.41, 5.74) is 0.376. The fourth-order valence-electron chi connectivity index (χ4n) is 3.31. The summed E-state index contributed by atoms with van der Waals surface area (Å²) >= 11 is 0. The number of ether oxygens (including phenoxy) is 1. The van der Waals surface area contributed by atoms with Crippen molar-refractivity contribution in [3.05, 3.63) is 18.3 Å². The lowest BCUT2D eigenvalue weighted by atomic mass is 9.70. The van der Waals surface area contributed by atoms with Crippen molar-refractivity contribution in [2.45, 2.75) is 52.4 Å². The summed E-state index contributed by atoms with van der Waals surface area (Å²) in [5, 5.41) is 0.804. The maximum Gasteiger partial charge on any atom is 0.135 e. The van der Waals surface area contributed by atoms with E-state index in [-0.39, 0.29) is 0 Å². The van der Waals surface area contributed by atoms with Crippen LogP contribution in [0.5, 0.6) is 5.75 Å². The molecular weight excluding hydrogens is 250 g/mol. The van der Waals surface area contributed by atoms with Crippen LogP contribution in [0.15, 0.2) is 18.3 Å². The molecule has 3 radical (unpaired) electrons. The zero-order chi connectivity index (χ0) is 13.7. The summed E-state index contributed by atoms with van der Waals surface area (Å²) in [6, 6.07) is 3.91. The number of pyridine rings is 1. The molecule has 19 heavy (non-hydrogen) atoms. The third-order valence-corrected chi connectivity index (χ3v) is 4.44. The van der Waals surface area contributed by atoms with E-state index in [1.807, 2.05) is 12.1 Å². The third-order valence-electron chi connectivity index (χ3n) is 4.06. The molecule has 0 bridgehead atoms. The second-order valence-corrected chi connectivity index (χ2v) is 6.77. The van der Waals surface area contributed by atoms with Gasteiger partial charge in [0.05, 0.1) is 11.9 Å². The average molecular weight is 274 g/mol. The van der Waals surface area contributed by atoms with Gasteiger partial charge in [0, 0.05) is 11.6 Å². The second kappa shape index (κ2) is 6.55. The minimum absolute atomic E-state index is 0.376. The van der Waals surface area contributed by atoms with Crippen LogP contribution in [0.4, 0.5) is 0 Å². The first-order valence-electron chi connectivity index (χ1n) is 7.41. The number of aromatic nitrogens is 1. The van der Waals surface area contributed by atoms with E-state index < -0.39 is 0 Å². The van der Waals surface area contributed by atoms with Gasteiger partial charge in [0.2, 0.25) is 0 Å². The van der Waals surface area contributed by atoms with Crippen LogP contribution >= 0.6 is 0 Å². The van der Waals surface area contributed by atoms with Crippen molar-refractivity contribution in [2.75, 3.05) is 6.61 Å². The summed E-state index contributed by atoms with van der Waals surface area (Å²) in [6.45, 7) is 5.46. The van der Waals surface area contributed by atoms with Gasteiger partial charge in [0.1, 0.15) is 16.0 Å². The molecule has 1 heterocycles. The van der Waals surface area contributed by atoms with Gasteiger partial charge in [0.25, 0.3) is 0 Å². The SMILES string of the molecule is CC(C)CC1(COc2cccnc2[Si])CCCCC1. The number of hydrogen-bond acceptors (Lipinski definition) is 2. The Hall–Kier alpha value is -0.833. The Balaban J connectivity index is 2.02. The summed E-state index contributed by atoms with van der Waals surface area (Å²) in [7, 11) is 3.51. The van der Waals surface area contributed by atoms with Gasteiger partial charge in [-0.05, 0) is 37.3 Å². The number of rotatable bonds is 5. The lowest BCUT2D eigenvalue weighted by Gasteiger charge is -2.38. The van der Waals surface area contributed by atoms with Crippen molar-refractivity contribution in [3.63, 3.8) is 0 Å². The lowest BCUT2D eigenvalue weighted by Crippen LogP contribution is -2.33. The highest BCUT2D eigenvalue weighted by Gasteiger charge is 2.33. The summed E-state index contributed by atoms with van der Waals surface area (Å²) in [5.74, 6) is 1.60. The molecular formula is C16H24NOSi. The van der Waals surface area contributed by atoms with Gasteiger partial charge in [-0.1, -0.05) is 33.1 Å². The van der Waals surface area contributed by atoms with Crippen LogP contribution in [0.2, 0.25) is 0 Å². The molecule has 1 aromatic rings. The second-order valence-electron chi connectivity index (χ2n) is 6.30. The number of hydrogen-bond donors (Lipinski definition) is 0. The number of nitrogens with zero attached hydrogens (tertiary/aromatic N) is 1. The van der Waals surface area contributed by atoms with Gasteiger partial charge in [-0.3, -0.25) is 4.98 Å². The Kier molecular flexibility index (Phi) is 5.03. The molecule has 0 aliphatic heterocycles. The highest BCUT2D eigenvalue weighted by Crippen LogP contribution is 2.41. The molecule has 1 saturated carbocycles. The molecule has 2 rings (SSSR count). The fourth-order valence-corrected chi connectivity index (χ4v) is 3.54. The van der Waals surface area contributed by atoms with Crippen molar-refractivity contribution in [2.24, 2.45) is 11.3 Å². The highest BCUT2D eigenvalue weighted by atomic mass is 28.1. The molecule has 0 aromatic carbocycles. The largest absolute Gasteiger partial charge is 0.492 e. The van der Waals surface area contributed by atoms with Crippen LogP contribution in [0.3, 0.4) is 0 Å². The summed E-state index contributed by atoms with van der Waals surface area (Å²) < 4.78 is 6.07. The zero-order valence-corrected chi connectivity index (χ0v) is 13.1. The molecule has 2 nitrogen and oxygen atoms in total. The normalized spacial score (nSPS) is 18.5. The topological polar surface area (TPSA) is 22.1 Å². The fraction of sp³-hybridized carbons (Fsp3) is 0.688. The Labute approximate surface area is 120 Å². The third kappa shape index (κ3) is 4.07. The van der Waals surface area contributed by atoms with Crippen LogP contribution < -0.4 is 10.1 Å². The molecule has 0 saturated heterocycles. The maximum absolute atomic E-state index is 6.07.